The van der Waals surface area contributed by atoms with Crippen LogP contribution in [0.2, 0.25) is 0 Å². The van der Waals surface area contributed by atoms with Crippen LogP contribution in [0, 0.1) is 11.2 Å². The molecule has 1 aromatic carbocycles. The van der Waals surface area contributed by atoms with Crippen LogP contribution in [0.3, 0.4) is 0 Å². The van der Waals surface area contributed by atoms with Crippen LogP contribution in [0.15, 0.2) is 18.2 Å². The lowest BCUT2D eigenvalue weighted by atomic mass is 9.91. The third kappa shape index (κ3) is 5.07. The Hall–Kier alpha value is -1.25. The van der Waals surface area contributed by atoms with E-state index >= 15 is 0 Å². The Morgan fingerprint density at radius 2 is 2.00 bits per heavy atom. The fourth-order valence-electron chi connectivity index (χ4n) is 1.62. The molecule has 0 atom stereocenters. The molecule has 0 heterocycles. The van der Waals surface area contributed by atoms with E-state index in [4.69, 9.17) is 4.74 Å². The van der Waals surface area contributed by atoms with Gasteiger partial charge in [-0.25, -0.2) is 4.39 Å². The van der Waals surface area contributed by atoms with E-state index in [-0.39, 0.29) is 11.6 Å². The van der Waals surface area contributed by atoms with Crippen LogP contribution in [-0.2, 0) is 0 Å². The molecule has 0 aromatic heterocycles. The van der Waals surface area contributed by atoms with Crippen molar-refractivity contribution in [3.8, 4) is 5.75 Å². The van der Waals surface area contributed by atoms with Crippen LogP contribution in [0.25, 0.3) is 0 Å². The lowest BCUT2D eigenvalue weighted by molar-refractivity contribution is 0.370. The molecule has 0 spiro atoms. The zero-order valence-electron chi connectivity index (χ0n) is 11.1. The van der Waals surface area contributed by atoms with Crippen LogP contribution in [0.4, 0.5) is 10.1 Å². The summed E-state index contributed by atoms with van der Waals surface area (Å²) in [5.41, 5.74) is 1.26. The Kier molecular flexibility index (Phi) is 4.79. The molecular weight excluding hydrogens is 217 g/mol. The predicted molar refractivity (Wildman–Crippen MR) is 70.1 cm³/mol. The van der Waals surface area contributed by atoms with Gasteiger partial charge in [-0.1, -0.05) is 20.8 Å². The summed E-state index contributed by atoms with van der Waals surface area (Å²) in [5.74, 6) is -0.0430. The van der Waals surface area contributed by atoms with Gasteiger partial charge in [-0.3, -0.25) is 0 Å². The summed E-state index contributed by atoms with van der Waals surface area (Å²) in [7, 11) is 1.47. The van der Waals surface area contributed by atoms with Gasteiger partial charge in [0, 0.05) is 18.3 Å². The average Bonchev–Trinajstić information content (AvgIpc) is 2.25. The third-order valence-corrected chi connectivity index (χ3v) is 2.58. The maximum atomic E-state index is 13.2. The van der Waals surface area contributed by atoms with Crippen molar-refractivity contribution in [1.29, 1.82) is 0 Å². The Morgan fingerprint density at radius 3 is 2.59 bits per heavy atom. The van der Waals surface area contributed by atoms with Gasteiger partial charge in [-0.05, 0) is 30.4 Å². The van der Waals surface area contributed by atoms with Crippen LogP contribution in [-0.4, -0.2) is 13.7 Å². The van der Waals surface area contributed by atoms with Crippen molar-refractivity contribution in [2.45, 2.75) is 33.6 Å². The van der Waals surface area contributed by atoms with Gasteiger partial charge >= 0.3 is 0 Å². The van der Waals surface area contributed by atoms with Gasteiger partial charge in [-0.15, -0.1) is 0 Å². The first-order valence-electron chi connectivity index (χ1n) is 6.00. The molecule has 0 aliphatic rings. The van der Waals surface area contributed by atoms with Crippen molar-refractivity contribution in [3.05, 3.63) is 24.0 Å². The molecule has 0 bridgehead atoms. The fraction of sp³-hybridized carbons (Fsp3) is 0.571. The van der Waals surface area contributed by atoms with E-state index in [1.54, 1.807) is 12.1 Å². The Morgan fingerprint density at radius 1 is 1.29 bits per heavy atom. The molecule has 1 N–H and O–H groups in total. The molecule has 0 saturated carbocycles. The maximum Gasteiger partial charge on any atom is 0.165 e. The van der Waals surface area contributed by atoms with Gasteiger partial charge in [-0.2, -0.15) is 0 Å². The minimum Gasteiger partial charge on any atom is -0.494 e. The molecule has 0 unspecified atom stereocenters. The number of hydrogen-bond acceptors (Lipinski definition) is 2. The Balaban J connectivity index is 2.42. The highest BCUT2D eigenvalue weighted by molar-refractivity contribution is 5.48. The second kappa shape index (κ2) is 5.89. The molecule has 0 aliphatic heterocycles. The summed E-state index contributed by atoms with van der Waals surface area (Å²) in [5, 5.41) is 3.27. The van der Waals surface area contributed by atoms with Crippen LogP contribution < -0.4 is 10.1 Å². The summed E-state index contributed by atoms with van der Waals surface area (Å²) in [6, 6.07) is 4.84. The topological polar surface area (TPSA) is 21.3 Å². The Labute approximate surface area is 103 Å². The van der Waals surface area contributed by atoms with Gasteiger partial charge in [0.05, 0.1) is 7.11 Å². The largest absolute Gasteiger partial charge is 0.494 e. The van der Waals surface area contributed by atoms with Gasteiger partial charge in [0.25, 0.3) is 0 Å². The number of rotatable bonds is 5. The molecule has 96 valence electrons. The van der Waals surface area contributed by atoms with Crippen LogP contribution in [0.1, 0.15) is 33.6 Å². The molecule has 0 saturated heterocycles. The van der Waals surface area contributed by atoms with E-state index in [1.165, 1.54) is 19.6 Å². The number of ether oxygens (including phenoxy) is 1. The van der Waals surface area contributed by atoms with Crippen molar-refractivity contribution in [2.75, 3.05) is 19.0 Å². The number of halogens is 1. The fourth-order valence-corrected chi connectivity index (χ4v) is 1.62. The first kappa shape index (κ1) is 13.8. The van der Waals surface area contributed by atoms with Crippen LogP contribution >= 0.6 is 0 Å². The SMILES string of the molecule is COc1cc(NCCCC(C)(C)C)ccc1F. The highest BCUT2D eigenvalue weighted by Gasteiger charge is 2.09. The number of hydrogen-bond donors (Lipinski definition) is 1. The smallest absolute Gasteiger partial charge is 0.165 e. The first-order chi connectivity index (χ1) is 7.92. The zero-order valence-corrected chi connectivity index (χ0v) is 11.1. The van der Waals surface area contributed by atoms with Gasteiger partial charge in [0.2, 0.25) is 0 Å². The van der Waals surface area contributed by atoms with E-state index in [0.29, 0.717) is 5.41 Å². The second-order valence-electron chi connectivity index (χ2n) is 5.44. The molecule has 0 aliphatic carbocycles. The summed E-state index contributed by atoms with van der Waals surface area (Å²) >= 11 is 0. The quantitative estimate of drug-likeness (QED) is 0.782. The van der Waals surface area contributed by atoms with E-state index in [0.717, 1.165) is 18.7 Å². The van der Waals surface area contributed by atoms with Gasteiger partial charge < -0.3 is 10.1 Å². The number of methoxy groups -OCH3 is 1. The highest BCUT2D eigenvalue weighted by Crippen LogP contribution is 2.23. The normalized spacial score (nSPS) is 11.4. The first-order valence-corrected chi connectivity index (χ1v) is 6.00. The summed E-state index contributed by atoms with van der Waals surface area (Å²) in [4.78, 5) is 0. The van der Waals surface area contributed by atoms with Crippen molar-refractivity contribution in [1.82, 2.24) is 0 Å². The number of nitrogens with one attached hydrogen (secondary N) is 1. The molecule has 0 radical (unpaired) electrons. The van der Waals surface area contributed by atoms with E-state index in [9.17, 15) is 4.39 Å². The summed E-state index contributed by atoms with van der Waals surface area (Å²) in [6.45, 7) is 7.59. The van der Waals surface area contributed by atoms with Crippen molar-refractivity contribution >= 4 is 5.69 Å². The molecule has 0 fully saturated rings. The molecule has 1 rings (SSSR count). The maximum absolute atomic E-state index is 13.2. The number of benzene rings is 1. The standard InChI is InChI=1S/C14H22FNO/c1-14(2,3)8-5-9-16-11-6-7-12(15)13(10-11)17-4/h6-7,10,16H,5,8-9H2,1-4H3. The molecule has 3 heteroatoms. The average molecular weight is 239 g/mol. The molecule has 0 amide bonds. The number of anilines is 1. The molecular formula is C14H22FNO. The minimum absolute atomic E-state index is 0.283. The van der Waals surface area contributed by atoms with Crippen molar-refractivity contribution in [2.24, 2.45) is 5.41 Å². The van der Waals surface area contributed by atoms with Crippen molar-refractivity contribution < 1.29 is 9.13 Å². The van der Waals surface area contributed by atoms with Gasteiger partial charge in [0.1, 0.15) is 0 Å². The predicted octanol–water partition coefficient (Wildman–Crippen LogP) is 4.07. The monoisotopic (exact) mass is 239 g/mol. The van der Waals surface area contributed by atoms with Crippen LogP contribution in [0.5, 0.6) is 5.75 Å². The summed E-state index contributed by atoms with van der Waals surface area (Å²) in [6.07, 6.45) is 2.27. The second-order valence-corrected chi connectivity index (χ2v) is 5.44. The molecule has 17 heavy (non-hydrogen) atoms. The zero-order chi connectivity index (χ0) is 12.9. The third-order valence-electron chi connectivity index (χ3n) is 2.58. The lowest BCUT2D eigenvalue weighted by Crippen LogP contribution is -2.09. The Bertz CT molecular complexity index is 358. The lowest BCUT2D eigenvalue weighted by Gasteiger charge is -2.18. The summed E-state index contributed by atoms with van der Waals surface area (Å²) < 4.78 is 18.1. The molecule has 1 aromatic rings. The molecule has 2 nitrogen and oxygen atoms in total. The van der Waals surface area contributed by atoms with Crippen molar-refractivity contribution in [3.63, 3.8) is 0 Å². The van der Waals surface area contributed by atoms with E-state index in [1.807, 2.05) is 0 Å². The van der Waals surface area contributed by atoms with E-state index in [2.05, 4.69) is 26.1 Å². The minimum atomic E-state index is -0.326. The van der Waals surface area contributed by atoms with Gasteiger partial charge in [0.15, 0.2) is 11.6 Å². The van der Waals surface area contributed by atoms with E-state index < -0.39 is 0 Å². The highest BCUT2D eigenvalue weighted by atomic mass is 19.1.